The average molecular weight is 237 g/mol. The summed E-state index contributed by atoms with van der Waals surface area (Å²) in [7, 11) is 0. The van der Waals surface area contributed by atoms with Crippen molar-refractivity contribution in [1.82, 2.24) is 5.32 Å². The molecule has 0 saturated heterocycles. The topological polar surface area (TPSA) is 32.3 Å². The first kappa shape index (κ1) is 12.5. The SMILES string of the molecule is OC(CNCc1ccccc1F)C1CCCC1. The monoisotopic (exact) mass is 237 g/mol. The molecule has 0 aliphatic heterocycles. The molecule has 1 atom stereocenters. The van der Waals surface area contributed by atoms with Crippen LogP contribution in [0.3, 0.4) is 0 Å². The number of aliphatic hydroxyl groups excluding tert-OH is 1. The van der Waals surface area contributed by atoms with Gasteiger partial charge in [-0.25, -0.2) is 4.39 Å². The summed E-state index contributed by atoms with van der Waals surface area (Å²) in [4.78, 5) is 0. The minimum absolute atomic E-state index is 0.185. The Labute approximate surface area is 102 Å². The number of benzene rings is 1. The number of rotatable bonds is 5. The second kappa shape index (κ2) is 6.12. The van der Waals surface area contributed by atoms with Crippen molar-refractivity contribution in [2.24, 2.45) is 5.92 Å². The van der Waals surface area contributed by atoms with Gasteiger partial charge in [0, 0.05) is 18.7 Å². The first-order valence-corrected chi connectivity index (χ1v) is 6.39. The molecule has 0 amide bonds. The molecule has 1 unspecified atom stereocenters. The van der Waals surface area contributed by atoms with E-state index in [1.165, 1.54) is 18.9 Å². The predicted octanol–water partition coefficient (Wildman–Crippen LogP) is 2.47. The minimum atomic E-state index is -0.288. The van der Waals surface area contributed by atoms with E-state index in [4.69, 9.17) is 0 Å². The van der Waals surface area contributed by atoms with E-state index in [0.717, 1.165) is 12.8 Å². The zero-order valence-corrected chi connectivity index (χ0v) is 10.0. The Kier molecular flexibility index (Phi) is 4.51. The quantitative estimate of drug-likeness (QED) is 0.824. The molecule has 1 fully saturated rings. The number of hydrogen-bond donors (Lipinski definition) is 2. The molecule has 0 heterocycles. The molecular formula is C14H20FNO. The van der Waals surface area contributed by atoms with Crippen LogP contribution in [0, 0.1) is 11.7 Å². The maximum Gasteiger partial charge on any atom is 0.127 e. The van der Waals surface area contributed by atoms with Crippen LogP contribution < -0.4 is 5.32 Å². The molecule has 17 heavy (non-hydrogen) atoms. The van der Waals surface area contributed by atoms with E-state index in [-0.39, 0.29) is 11.9 Å². The molecular weight excluding hydrogens is 217 g/mol. The number of hydrogen-bond acceptors (Lipinski definition) is 2. The van der Waals surface area contributed by atoms with Gasteiger partial charge in [0.1, 0.15) is 5.82 Å². The third-order valence-corrected chi connectivity index (χ3v) is 3.57. The lowest BCUT2D eigenvalue weighted by molar-refractivity contribution is 0.109. The van der Waals surface area contributed by atoms with Crippen LogP contribution in [0.15, 0.2) is 24.3 Å². The molecule has 1 aromatic rings. The van der Waals surface area contributed by atoms with Gasteiger partial charge in [-0.05, 0) is 24.8 Å². The normalized spacial score (nSPS) is 18.5. The highest BCUT2D eigenvalue weighted by molar-refractivity contribution is 5.16. The van der Waals surface area contributed by atoms with E-state index in [2.05, 4.69) is 5.32 Å². The fraction of sp³-hybridized carbons (Fsp3) is 0.571. The molecule has 2 N–H and O–H groups in total. The van der Waals surface area contributed by atoms with Crippen LogP contribution in [0.25, 0.3) is 0 Å². The lowest BCUT2D eigenvalue weighted by Gasteiger charge is -2.18. The Morgan fingerprint density at radius 3 is 2.71 bits per heavy atom. The summed E-state index contributed by atoms with van der Waals surface area (Å²) in [6.45, 7) is 1.04. The summed E-state index contributed by atoms with van der Waals surface area (Å²) in [5.74, 6) is 0.249. The van der Waals surface area contributed by atoms with Gasteiger partial charge in [0.2, 0.25) is 0 Å². The van der Waals surface area contributed by atoms with Crippen molar-refractivity contribution in [1.29, 1.82) is 0 Å². The Hall–Kier alpha value is -0.930. The smallest absolute Gasteiger partial charge is 0.127 e. The van der Waals surface area contributed by atoms with Gasteiger partial charge in [-0.1, -0.05) is 31.0 Å². The van der Waals surface area contributed by atoms with Crippen molar-refractivity contribution in [3.05, 3.63) is 35.6 Å². The van der Waals surface area contributed by atoms with E-state index in [0.29, 0.717) is 24.6 Å². The van der Waals surface area contributed by atoms with E-state index in [1.54, 1.807) is 12.1 Å². The molecule has 2 rings (SSSR count). The molecule has 3 heteroatoms. The summed E-state index contributed by atoms with van der Waals surface area (Å²) in [6.07, 6.45) is 4.43. The highest BCUT2D eigenvalue weighted by Crippen LogP contribution is 2.27. The zero-order chi connectivity index (χ0) is 12.1. The second-order valence-corrected chi connectivity index (χ2v) is 4.83. The highest BCUT2D eigenvalue weighted by atomic mass is 19.1. The summed E-state index contributed by atoms with van der Waals surface area (Å²) in [6, 6.07) is 6.74. The first-order chi connectivity index (χ1) is 8.27. The van der Waals surface area contributed by atoms with Crippen LogP contribution in [0.1, 0.15) is 31.2 Å². The third kappa shape index (κ3) is 3.51. The molecule has 94 valence electrons. The third-order valence-electron chi connectivity index (χ3n) is 3.57. The van der Waals surface area contributed by atoms with Gasteiger partial charge in [0.15, 0.2) is 0 Å². The van der Waals surface area contributed by atoms with Crippen molar-refractivity contribution >= 4 is 0 Å². The Bertz CT molecular complexity index is 350. The van der Waals surface area contributed by atoms with Crippen LogP contribution in [0.5, 0.6) is 0 Å². The summed E-state index contributed by atoms with van der Waals surface area (Å²) in [5.41, 5.74) is 0.658. The average Bonchev–Trinajstić information content (AvgIpc) is 2.85. The van der Waals surface area contributed by atoms with Gasteiger partial charge in [-0.3, -0.25) is 0 Å². The fourth-order valence-corrected chi connectivity index (χ4v) is 2.51. The molecule has 1 aromatic carbocycles. The summed E-state index contributed by atoms with van der Waals surface area (Å²) >= 11 is 0. The second-order valence-electron chi connectivity index (χ2n) is 4.83. The molecule has 0 bridgehead atoms. The van der Waals surface area contributed by atoms with E-state index >= 15 is 0 Å². The van der Waals surface area contributed by atoms with Crippen LogP contribution in [0.2, 0.25) is 0 Å². The Morgan fingerprint density at radius 1 is 1.29 bits per heavy atom. The molecule has 2 nitrogen and oxygen atoms in total. The van der Waals surface area contributed by atoms with Crippen molar-refractivity contribution in [3.63, 3.8) is 0 Å². The summed E-state index contributed by atoms with van der Waals surface area (Å²) < 4.78 is 13.3. The summed E-state index contributed by atoms with van der Waals surface area (Å²) in [5, 5.41) is 13.1. The van der Waals surface area contributed by atoms with Crippen molar-refractivity contribution in [3.8, 4) is 0 Å². The van der Waals surface area contributed by atoms with Crippen LogP contribution in [-0.4, -0.2) is 17.8 Å². The van der Waals surface area contributed by atoms with E-state index < -0.39 is 0 Å². The zero-order valence-electron chi connectivity index (χ0n) is 10.0. The van der Waals surface area contributed by atoms with Gasteiger partial charge in [0.25, 0.3) is 0 Å². The molecule has 1 aliphatic carbocycles. The van der Waals surface area contributed by atoms with Gasteiger partial charge in [-0.15, -0.1) is 0 Å². The lowest BCUT2D eigenvalue weighted by Crippen LogP contribution is -2.31. The van der Waals surface area contributed by atoms with Gasteiger partial charge in [-0.2, -0.15) is 0 Å². The maximum absolute atomic E-state index is 13.3. The standard InChI is InChI=1S/C14H20FNO/c15-13-8-4-3-7-12(13)9-16-10-14(17)11-5-1-2-6-11/h3-4,7-8,11,14,16-17H,1-2,5-6,9-10H2. The van der Waals surface area contributed by atoms with Crippen LogP contribution in [-0.2, 0) is 6.54 Å². The van der Waals surface area contributed by atoms with E-state index in [1.807, 2.05) is 6.07 Å². The first-order valence-electron chi connectivity index (χ1n) is 6.39. The minimum Gasteiger partial charge on any atom is -0.392 e. The van der Waals surface area contributed by atoms with Crippen molar-refractivity contribution in [2.45, 2.75) is 38.3 Å². The van der Waals surface area contributed by atoms with Crippen molar-refractivity contribution < 1.29 is 9.50 Å². The van der Waals surface area contributed by atoms with Crippen molar-refractivity contribution in [2.75, 3.05) is 6.54 Å². The number of aliphatic hydroxyl groups is 1. The van der Waals surface area contributed by atoms with Gasteiger partial charge >= 0.3 is 0 Å². The fourth-order valence-electron chi connectivity index (χ4n) is 2.51. The highest BCUT2D eigenvalue weighted by Gasteiger charge is 2.22. The molecule has 0 spiro atoms. The molecule has 0 radical (unpaired) electrons. The van der Waals surface area contributed by atoms with Gasteiger partial charge < -0.3 is 10.4 Å². The Morgan fingerprint density at radius 2 is 2.00 bits per heavy atom. The largest absolute Gasteiger partial charge is 0.392 e. The molecule has 1 aliphatic rings. The Balaban J connectivity index is 1.74. The van der Waals surface area contributed by atoms with Crippen LogP contribution >= 0.6 is 0 Å². The predicted molar refractivity (Wildman–Crippen MR) is 66.1 cm³/mol. The van der Waals surface area contributed by atoms with E-state index in [9.17, 15) is 9.50 Å². The van der Waals surface area contributed by atoms with Gasteiger partial charge in [0.05, 0.1) is 6.10 Å². The van der Waals surface area contributed by atoms with Crippen LogP contribution in [0.4, 0.5) is 4.39 Å². The lowest BCUT2D eigenvalue weighted by atomic mass is 10.0. The molecule has 1 saturated carbocycles. The maximum atomic E-state index is 13.3. The molecule has 0 aromatic heterocycles. The number of halogens is 1. The number of nitrogens with one attached hydrogen (secondary N) is 1.